The van der Waals surface area contributed by atoms with E-state index in [1.165, 1.54) is 148 Å². The lowest BCUT2D eigenvalue weighted by atomic mass is 9.77. The van der Waals surface area contributed by atoms with Crippen LogP contribution in [0, 0.1) is 48.7 Å². The molecule has 0 radical (unpaired) electrons. The monoisotopic (exact) mass is 982 g/mol. The van der Waals surface area contributed by atoms with Gasteiger partial charge in [-0.25, -0.2) is 0 Å². The summed E-state index contributed by atoms with van der Waals surface area (Å²) in [5, 5.41) is 0. The zero-order chi connectivity index (χ0) is 51.1. The van der Waals surface area contributed by atoms with Gasteiger partial charge in [-0.1, -0.05) is 145 Å². The van der Waals surface area contributed by atoms with Crippen molar-refractivity contribution in [2.75, 3.05) is 19.8 Å². The molecule has 402 valence electrons. The van der Waals surface area contributed by atoms with Crippen LogP contribution in [0.15, 0.2) is 0 Å². The third-order valence-electron chi connectivity index (χ3n) is 20.9. The van der Waals surface area contributed by atoms with Crippen molar-refractivity contribution < 1.29 is 42.9 Å². The average Bonchev–Trinajstić information content (AvgIpc) is 3.95. The van der Waals surface area contributed by atoms with E-state index in [9.17, 15) is 9.59 Å². The first-order valence-corrected chi connectivity index (χ1v) is 29.1. The maximum Gasteiger partial charge on any atom is 0.373 e. The molecule has 9 aliphatic rings. The van der Waals surface area contributed by atoms with E-state index in [0.717, 1.165) is 32.1 Å². The highest BCUT2D eigenvalue weighted by atomic mass is 16.5. The highest BCUT2D eigenvalue weighted by molar-refractivity contribution is 5.71. The van der Waals surface area contributed by atoms with Crippen LogP contribution in [0.25, 0.3) is 0 Å². The van der Waals surface area contributed by atoms with Gasteiger partial charge in [0.25, 0.3) is 6.47 Å². The molecule has 0 aromatic carbocycles. The summed E-state index contributed by atoms with van der Waals surface area (Å²) in [6.45, 7) is 25.8. The standard InChI is InChI=1S/C29H52O3.C16H27NO3.C14H24O.CO2/c1-25-21-27(2)22-29(23-28(29,3)26(27)32-25)19-17-15-13-11-9-7-5-4-6-8-10-12-14-16-18-20-31-24-30;1-11-7-14(2)9-16(8-12(18)19-6-4-5-17)10-15(16,3)13(14)20-11;1-5-6-14-8-12(3)7-10(2)15-11(12)13(14,4)9-14;2-1-3/h24-26H,4-23H2,1-3H3;11,13H,4-10,17H2,1-3H3;10-11H,5-9H2,1-4H3;/t25-,26-,27-,28+,29+;11-,13-,14-,15+,16+;10-,11-,12-,13+,14+;/m000./s1. The molecular formula is C60H103NO9. The topological polar surface area (TPSA) is 140 Å². The third kappa shape index (κ3) is 12.0. The van der Waals surface area contributed by atoms with Crippen LogP contribution in [0.3, 0.4) is 0 Å². The lowest BCUT2D eigenvalue weighted by Gasteiger charge is -2.27. The summed E-state index contributed by atoms with van der Waals surface area (Å²) in [6, 6.07) is 0. The lowest BCUT2D eigenvalue weighted by Crippen LogP contribution is -2.29. The molecule has 10 heteroatoms. The molecule has 0 amide bonds. The minimum atomic E-state index is -0.0567. The Balaban J connectivity index is 0.000000179. The first-order valence-electron chi connectivity index (χ1n) is 29.1. The number of nitrogens with two attached hydrogens (primary N) is 1. The van der Waals surface area contributed by atoms with Crippen molar-refractivity contribution in [1.82, 2.24) is 0 Å². The van der Waals surface area contributed by atoms with Crippen LogP contribution in [0.1, 0.15) is 255 Å². The van der Waals surface area contributed by atoms with Crippen molar-refractivity contribution in [1.29, 1.82) is 0 Å². The molecular weight excluding hydrogens is 879 g/mol. The molecule has 0 spiro atoms. The SMILES string of the molecule is CCC[C@]12C[C@]3(C)C[C@H](C)O[C@@H]3[C@@]1(C)C2.C[C@H]1C[C@@]2(C)C[C@]3(CC(=O)OCCCN)C[C@]3(C)[C@H]2O1.C[C@H]1C[C@@]2(C)C[C@]3(CCCCCCCCCCCCCCCCCOC=O)C[C@]3(C)[C@H]2O1.O=C=O. The van der Waals surface area contributed by atoms with E-state index in [-0.39, 0.29) is 28.4 Å². The molecule has 3 saturated heterocycles. The fourth-order valence-corrected chi connectivity index (χ4v) is 18.4. The Morgan fingerprint density at radius 3 is 1.29 bits per heavy atom. The molecule has 9 rings (SSSR count). The number of esters is 1. The highest BCUT2D eigenvalue weighted by Crippen LogP contribution is 2.84. The third-order valence-corrected chi connectivity index (χ3v) is 20.9. The predicted molar refractivity (Wildman–Crippen MR) is 276 cm³/mol. The molecule has 10 nitrogen and oxygen atoms in total. The van der Waals surface area contributed by atoms with E-state index in [1.54, 1.807) is 0 Å². The molecule has 15 atom stereocenters. The Morgan fingerprint density at radius 1 is 0.543 bits per heavy atom. The number of hydrogen-bond donors (Lipinski definition) is 1. The summed E-state index contributed by atoms with van der Waals surface area (Å²) in [5.41, 5.74) is 9.29. The number of carbonyl (C=O) groups is 2. The molecule has 6 saturated carbocycles. The van der Waals surface area contributed by atoms with Gasteiger partial charge in [-0.05, 0) is 143 Å². The van der Waals surface area contributed by atoms with Crippen molar-refractivity contribution in [2.45, 2.75) is 292 Å². The van der Waals surface area contributed by atoms with Crippen LogP contribution >= 0.6 is 0 Å². The molecule has 2 N–H and O–H groups in total. The van der Waals surface area contributed by atoms with Crippen molar-refractivity contribution in [3.63, 3.8) is 0 Å². The number of fused-ring (bicyclic) bond motifs is 9. The summed E-state index contributed by atoms with van der Waals surface area (Å²) in [7, 11) is 0. The van der Waals surface area contributed by atoms with Crippen LogP contribution in [-0.4, -0.2) is 75.0 Å². The van der Waals surface area contributed by atoms with E-state index in [1.807, 2.05) is 0 Å². The molecule has 0 aromatic heterocycles. The first kappa shape index (κ1) is 57.4. The van der Waals surface area contributed by atoms with Gasteiger partial charge in [0.1, 0.15) is 0 Å². The van der Waals surface area contributed by atoms with Crippen LogP contribution in [0.2, 0.25) is 0 Å². The van der Waals surface area contributed by atoms with Crippen LogP contribution in [0.4, 0.5) is 0 Å². The molecule has 0 aromatic rings. The zero-order valence-electron chi connectivity index (χ0n) is 46.4. The van der Waals surface area contributed by atoms with Gasteiger partial charge in [-0.3, -0.25) is 9.59 Å². The van der Waals surface area contributed by atoms with Crippen LogP contribution < -0.4 is 5.73 Å². The summed E-state index contributed by atoms with van der Waals surface area (Å²) in [5.74, 6) is -0.0567. The Labute approximate surface area is 426 Å². The fourth-order valence-electron chi connectivity index (χ4n) is 18.4. The zero-order valence-corrected chi connectivity index (χ0v) is 46.4. The van der Waals surface area contributed by atoms with Crippen molar-refractivity contribution in [3.8, 4) is 0 Å². The Morgan fingerprint density at radius 2 is 0.900 bits per heavy atom. The molecule has 70 heavy (non-hydrogen) atoms. The normalized spacial score (nSPS) is 43.2. The van der Waals surface area contributed by atoms with Gasteiger partial charge in [0.2, 0.25) is 0 Å². The number of ether oxygens (including phenoxy) is 5. The van der Waals surface area contributed by atoms with Gasteiger partial charge in [0, 0.05) is 16.2 Å². The molecule has 9 fully saturated rings. The van der Waals surface area contributed by atoms with Gasteiger partial charge in [0.15, 0.2) is 0 Å². The maximum absolute atomic E-state index is 12.0. The number of rotatable bonds is 26. The number of hydrogen-bond acceptors (Lipinski definition) is 10. The minimum Gasteiger partial charge on any atom is -0.468 e. The van der Waals surface area contributed by atoms with Crippen molar-refractivity contribution >= 4 is 18.6 Å². The molecule has 0 bridgehead atoms. The van der Waals surface area contributed by atoms with Gasteiger partial charge in [-0.2, -0.15) is 9.59 Å². The van der Waals surface area contributed by atoms with Crippen LogP contribution in [-0.2, 0) is 42.9 Å². The predicted octanol–water partition coefficient (Wildman–Crippen LogP) is 13.8. The van der Waals surface area contributed by atoms with E-state index < -0.39 is 0 Å². The maximum atomic E-state index is 12.0. The smallest absolute Gasteiger partial charge is 0.373 e. The fraction of sp³-hybridized carbons (Fsp3) is 0.950. The molecule has 3 heterocycles. The number of unbranched alkanes of at least 4 members (excludes halogenated alkanes) is 14. The van der Waals surface area contributed by atoms with E-state index in [2.05, 4.69) is 69.2 Å². The van der Waals surface area contributed by atoms with E-state index >= 15 is 0 Å². The molecule has 3 aliphatic heterocycles. The Kier molecular flexibility index (Phi) is 19.2. The van der Waals surface area contributed by atoms with Crippen LogP contribution in [0.5, 0.6) is 0 Å². The Bertz CT molecular complexity index is 1750. The summed E-state index contributed by atoms with van der Waals surface area (Å²) >= 11 is 0. The van der Waals surface area contributed by atoms with Gasteiger partial charge < -0.3 is 29.4 Å². The second-order valence-corrected chi connectivity index (χ2v) is 27.1. The molecule has 0 unspecified atom stereocenters. The lowest BCUT2D eigenvalue weighted by molar-refractivity contribution is -0.191. The summed E-state index contributed by atoms with van der Waals surface area (Å²) < 4.78 is 28.8. The van der Waals surface area contributed by atoms with Gasteiger partial charge in [-0.15, -0.1) is 0 Å². The highest BCUT2D eigenvalue weighted by Gasteiger charge is 2.81. The second kappa shape index (κ2) is 23.4. The average molecular weight is 982 g/mol. The van der Waals surface area contributed by atoms with Crippen molar-refractivity contribution in [3.05, 3.63) is 0 Å². The quantitative estimate of drug-likeness (QED) is 0.0506. The molecule has 6 aliphatic carbocycles. The van der Waals surface area contributed by atoms with E-state index in [0.29, 0.717) is 102 Å². The van der Waals surface area contributed by atoms with E-state index in [4.69, 9.17) is 39.0 Å². The van der Waals surface area contributed by atoms with Gasteiger partial charge in [0.05, 0.1) is 56.3 Å². The Hall–Kier alpha value is -1.84. The van der Waals surface area contributed by atoms with Gasteiger partial charge >= 0.3 is 12.1 Å². The van der Waals surface area contributed by atoms with Crippen molar-refractivity contribution in [2.24, 2.45) is 54.5 Å². The first-order chi connectivity index (χ1) is 33.2. The second-order valence-electron chi connectivity index (χ2n) is 27.1. The number of carbonyl (C=O) groups excluding carboxylic acids is 4. The largest absolute Gasteiger partial charge is 0.468 e. The minimum absolute atomic E-state index is 0.0567. The summed E-state index contributed by atoms with van der Waals surface area (Å²) in [4.78, 5) is 38.3. The summed E-state index contributed by atoms with van der Waals surface area (Å²) in [6.07, 6.45) is 40.7.